The molecular weight excluding hydrogens is 228 g/mol. The van der Waals surface area contributed by atoms with Crippen LogP contribution in [0.2, 0.25) is 0 Å². The van der Waals surface area contributed by atoms with Gasteiger partial charge in [-0.3, -0.25) is 0 Å². The monoisotopic (exact) mass is 244 g/mol. The quantitative estimate of drug-likeness (QED) is 0.346. The van der Waals surface area contributed by atoms with Gasteiger partial charge in [0.1, 0.15) is 6.29 Å². The number of methoxy groups -OCH3 is 1. The van der Waals surface area contributed by atoms with Crippen LogP contribution in [0.1, 0.15) is 17.5 Å². The fourth-order valence-corrected chi connectivity index (χ4v) is 1.53. The summed E-state index contributed by atoms with van der Waals surface area (Å²) in [7, 11) is 1.31. The summed E-state index contributed by atoms with van der Waals surface area (Å²) in [5.74, 6) is -0.481. The highest BCUT2D eigenvalue weighted by Crippen LogP contribution is 2.19. The van der Waals surface area contributed by atoms with Crippen LogP contribution < -0.4 is 0 Å². The Morgan fingerprint density at radius 3 is 2.61 bits per heavy atom. The molecule has 0 spiro atoms. The molecule has 0 fully saturated rings. The summed E-state index contributed by atoms with van der Waals surface area (Å²) in [4.78, 5) is 22.2. The van der Waals surface area contributed by atoms with Crippen molar-refractivity contribution < 1.29 is 14.3 Å². The van der Waals surface area contributed by atoms with Crippen molar-refractivity contribution in [2.45, 2.75) is 13.3 Å². The number of aryl methyl sites for hydroxylation is 1. The number of rotatable bonds is 5. The van der Waals surface area contributed by atoms with Crippen molar-refractivity contribution in [1.29, 1.82) is 0 Å². The van der Waals surface area contributed by atoms with E-state index in [9.17, 15) is 9.59 Å². The molecule has 0 aliphatic carbocycles. The molecule has 0 amide bonds. The largest absolute Gasteiger partial charge is 0.465 e. The van der Waals surface area contributed by atoms with Gasteiger partial charge in [-0.15, -0.1) is 0 Å². The zero-order chi connectivity index (χ0) is 13.5. The molecule has 1 rings (SSSR count). The zero-order valence-corrected chi connectivity index (χ0v) is 10.6. The number of aldehydes is 1. The van der Waals surface area contributed by atoms with Crippen molar-refractivity contribution in [1.82, 2.24) is 0 Å². The third kappa shape index (κ3) is 3.42. The van der Waals surface area contributed by atoms with Crippen molar-refractivity contribution in [3.05, 3.63) is 53.1 Å². The maximum absolute atomic E-state index is 11.7. The molecular formula is C15H16O3. The zero-order valence-electron chi connectivity index (χ0n) is 10.6. The Labute approximate surface area is 107 Å². The molecule has 0 aromatic heterocycles. The highest BCUT2D eigenvalue weighted by atomic mass is 16.5. The Hall–Kier alpha value is -2.16. The maximum atomic E-state index is 11.7. The smallest absolute Gasteiger partial charge is 0.338 e. The SMILES string of the molecule is C=C(CC=O)/C(=C\c1ccccc1C)C(=O)OC. The van der Waals surface area contributed by atoms with Crippen LogP contribution in [0.5, 0.6) is 0 Å². The molecule has 0 unspecified atom stereocenters. The molecule has 0 heterocycles. The first-order valence-corrected chi connectivity index (χ1v) is 5.57. The minimum Gasteiger partial charge on any atom is -0.465 e. The first-order valence-electron chi connectivity index (χ1n) is 5.57. The first kappa shape index (κ1) is 13.9. The molecule has 0 aliphatic heterocycles. The molecule has 0 atom stereocenters. The molecule has 0 saturated carbocycles. The lowest BCUT2D eigenvalue weighted by atomic mass is 10.00. The molecule has 0 aliphatic rings. The van der Waals surface area contributed by atoms with Crippen LogP contribution in [0.15, 0.2) is 42.0 Å². The highest BCUT2D eigenvalue weighted by molar-refractivity contribution is 5.99. The van der Waals surface area contributed by atoms with Gasteiger partial charge in [-0.25, -0.2) is 4.79 Å². The van der Waals surface area contributed by atoms with E-state index in [4.69, 9.17) is 4.74 Å². The van der Waals surface area contributed by atoms with Gasteiger partial charge in [0, 0.05) is 6.42 Å². The van der Waals surface area contributed by atoms with E-state index in [0.29, 0.717) is 11.1 Å². The lowest BCUT2D eigenvalue weighted by Gasteiger charge is -2.07. The Morgan fingerprint density at radius 2 is 2.06 bits per heavy atom. The molecule has 0 N–H and O–H groups in total. The van der Waals surface area contributed by atoms with Gasteiger partial charge < -0.3 is 9.53 Å². The molecule has 3 nitrogen and oxygen atoms in total. The van der Waals surface area contributed by atoms with Gasteiger partial charge in [-0.05, 0) is 29.7 Å². The minimum atomic E-state index is -0.481. The van der Waals surface area contributed by atoms with Crippen LogP contribution in [0.25, 0.3) is 6.08 Å². The molecule has 1 aromatic rings. The van der Waals surface area contributed by atoms with E-state index in [1.165, 1.54) is 7.11 Å². The summed E-state index contributed by atoms with van der Waals surface area (Å²) in [5.41, 5.74) is 2.74. The standard InChI is InChI=1S/C15H16O3/c1-11-6-4-5-7-13(11)10-14(15(17)18-3)12(2)8-9-16/h4-7,9-10H,2,8H2,1,3H3/b14-10+. The number of hydrogen-bond donors (Lipinski definition) is 0. The van der Waals surface area contributed by atoms with E-state index in [2.05, 4.69) is 6.58 Å². The third-order valence-corrected chi connectivity index (χ3v) is 2.60. The number of esters is 1. The van der Waals surface area contributed by atoms with Crippen molar-refractivity contribution in [3.63, 3.8) is 0 Å². The van der Waals surface area contributed by atoms with Gasteiger partial charge in [0.05, 0.1) is 12.7 Å². The van der Waals surface area contributed by atoms with E-state index in [-0.39, 0.29) is 6.42 Å². The van der Waals surface area contributed by atoms with Gasteiger partial charge in [0.25, 0.3) is 0 Å². The topological polar surface area (TPSA) is 43.4 Å². The van der Waals surface area contributed by atoms with Crippen LogP contribution >= 0.6 is 0 Å². The van der Waals surface area contributed by atoms with Crippen molar-refractivity contribution in [2.75, 3.05) is 7.11 Å². The summed E-state index contributed by atoms with van der Waals surface area (Å²) in [6.45, 7) is 5.69. The Bertz CT molecular complexity index is 498. The van der Waals surface area contributed by atoms with Crippen LogP contribution in [0, 0.1) is 6.92 Å². The van der Waals surface area contributed by atoms with Gasteiger partial charge >= 0.3 is 5.97 Å². The second-order valence-corrected chi connectivity index (χ2v) is 3.88. The molecule has 3 heteroatoms. The summed E-state index contributed by atoms with van der Waals surface area (Å²) in [6.07, 6.45) is 2.54. The van der Waals surface area contributed by atoms with E-state index in [0.717, 1.165) is 17.4 Å². The second kappa shape index (κ2) is 6.55. The number of benzene rings is 1. The highest BCUT2D eigenvalue weighted by Gasteiger charge is 2.13. The predicted octanol–water partition coefficient (Wildman–Crippen LogP) is 2.70. The lowest BCUT2D eigenvalue weighted by Crippen LogP contribution is -2.07. The van der Waals surface area contributed by atoms with Crippen LogP contribution in [0.4, 0.5) is 0 Å². The molecule has 0 saturated heterocycles. The lowest BCUT2D eigenvalue weighted by molar-refractivity contribution is -0.135. The Morgan fingerprint density at radius 1 is 1.39 bits per heavy atom. The van der Waals surface area contributed by atoms with Gasteiger partial charge in [0.2, 0.25) is 0 Å². The summed E-state index contributed by atoms with van der Waals surface area (Å²) in [6, 6.07) is 7.65. The van der Waals surface area contributed by atoms with E-state index >= 15 is 0 Å². The number of ether oxygens (including phenoxy) is 1. The molecule has 1 aromatic carbocycles. The number of carbonyl (C=O) groups is 2. The predicted molar refractivity (Wildman–Crippen MR) is 71.0 cm³/mol. The van der Waals surface area contributed by atoms with Crippen LogP contribution in [0.3, 0.4) is 0 Å². The minimum absolute atomic E-state index is 0.118. The fraction of sp³-hybridized carbons (Fsp3) is 0.200. The van der Waals surface area contributed by atoms with Crippen molar-refractivity contribution in [2.24, 2.45) is 0 Å². The van der Waals surface area contributed by atoms with E-state index < -0.39 is 5.97 Å². The van der Waals surface area contributed by atoms with Crippen LogP contribution in [-0.4, -0.2) is 19.4 Å². The average molecular weight is 244 g/mol. The first-order chi connectivity index (χ1) is 8.60. The summed E-state index contributed by atoms with van der Waals surface area (Å²) < 4.78 is 4.71. The number of carbonyl (C=O) groups excluding carboxylic acids is 2. The number of hydrogen-bond acceptors (Lipinski definition) is 3. The van der Waals surface area contributed by atoms with Crippen LogP contribution in [-0.2, 0) is 14.3 Å². The second-order valence-electron chi connectivity index (χ2n) is 3.88. The third-order valence-electron chi connectivity index (χ3n) is 2.60. The molecule has 0 bridgehead atoms. The average Bonchev–Trinajstić information content (AvgIpc) is 2.37. The maximum Gasteiger partial charge on any atom is 0.338 e. The molecule has 18 heavy (non-hydrogen) atoms. The normalized spacial score (nSPS) is 10.9. The molecule has 94 valence electrons. The van der Waals surface area contributed by atoms with Gasteiger partial charge in [0.15, 0.2) is 0 Å². The Kier molecular flexibility index (Phi) is 5.06. The van der Waals surface area contributed by atoms with Gasteiger partial charge in [-0.1, -0.05) is 30.8 Å². The van der Waals surface area contributed by atoms with E-state index in [1.54, 1.807) is 6.08 Å². The summed E-state index contributed by atoms with van der Waals surface area (Å²) >= 11 is 0. The van der Waals surface area contributed by atoms with E-state index in [1.807, 2.05) is 31.2 Å². The Balaban J connectivity index is 3.18. The summed E-state index contributed by atoms with van der Waals surface area (Å²) in [5, 5.41) is 0. The molecule has 0 radical (unpaired) electrons. The fourth-order valence-electron chi connectivity index (χ4n) is 1.53. The van der Waals surface area contributed by atoms with Gasteiger partial charge in [-0.2, -0.15) is 0 Å². The van der Waals surface area contributed by atoms with Crippen molar-refractivity contribution in [3.8, 4) is 0 Å². The van der Waals surface area contributed by atoms with Crippen molar-refractivity contribution >= 4 is 18.3 Å².